The molecule has 3 nitrogen and oxygen atoms in total. The third kappa shape index (κ3) is 6.38. The van der Waals surface area contributed by atoms with Crippen molar-refractivity contribution in [3.63, 3.8) is 0 Å². The maximum absolute atomic E-state index is 13.4. The second-order valence-corrected chi connectivity index (χ2v) is 10.4. The SMILES string of the molecule is CC1c2cc(C(F)(F)F)ccc2N[C@@H](C2C=CC=CC2)[C@@H]1CC[C@@H](C)CNCC(C)(C)N. The Bertz CT molecular complexity index is 823. The Morgan fingerprint density at radius 3 is 2.59 bits per heavy atom. The van der Waals surface area contributed by atoms with E-state index in [9.17, 15) is 13.2 Å². The number of fused-ring (bicyclic) bond motifs is 1. The van der Waals surface area contributed by atoms with E-state index in [1.54, 1.807) is 6.07 Å². The molecule has 3 rings (SSSR count). The second kappa shape index (κ2) is 10.0. The van der Waals surface area contributed by atoms with Crippen LogP contribution in [-0.2, 0) is 6.18 Å². The van der Waals surface area contributed by atoms with Crippen molar-refractivity contribution in [2.75, 3.05) is 18.4 Å². The lowest BCUT2D eigenvalue weighted by molar-refractivity contribution is -0.137. The summed E-state index contributed by atoms with van der Waals surface area (Å²) in [4.78, 5) is 0. The molecule has 0 aromatic heterocycles. The fraction of sp³-hybridized carbons (Fsp3) is 0.615. The standard InChI is InChI=1S/C26H38F3N3/c1-17(15-31-16-25(3,4)30)10-12-21-18(2)22-14-20(26(27,28)29)11-13-23(22)32-24(21)19-8-6-5-7-9-19/h5-8,11,13-14,17-19,21,24,31-32H,9-10,12,15-16,30H2,1-4H3/t17-,18?,19?,21-,24+/m1/s1. The summed E-state index contributed by atoms with van der Waals surface area (Å²) >= 11 is 0. The fourth-order valence-electron chi connectivity index (χ4n) is 5.02. The van der Waals surface area contributed by atoms with Gasteiger partial charge in [0.2, 0.25) is 0 Å². The van der Waals surface area contributed by atoms with E-state index in [1.807, 2.05) is 13.8 Å². The minimum Gasteiger partial charge on any atom is -0.381 e. The molecule has 1 heterocycles. The summed E-state index contributed by atoms with van der Waals surface area (Å²) in [6.45, 7) is 9.98. The van der Waals surface area contributed by atoms with Crippen LogP contribution >= 0.6 is 0 Å². The lowest BCUT2D eigenvalue weighted by Gasteiger charge is -2.43. The third-order valence-corrected chi connectivity index (χ3v) is 6.84. The van der Waals surface area contributed by atoms with Gasteiger partial charge in [0.05, 0.1) is 5.56 Å². The zero-order valence-electron chi connectivity index (χ0n) is 19.7. The Labute approximate surface area is 190 Å². The molecule has 0 bridgehead atoms. The van der Waals surface area contributed by atoms with Crippen LogP contribution in [0.3, 0.4) is 0 Å². The number of anilines is 1. The number of hydrogen-bond donors (Lipinski definition) is 3. The molecule has 0 radical (unpaired) electrons. The molecule has 32 heavy (non-hydrogen) atoms. The molecule has 4 N–H and O–H groups in total. The van der Waals surface area contributed by atoms with E-state index in [4.69, 9.17) is 5.73 Å². The molecule has 1 aromatic rings. The third-order valence-electron chi connectivity index (χ3n) is 6.84. The Morgan fingerprint density at radius 1 is 1.22 bits per heavy atom. The number of benzene rings is 1. The first-order chi connectivity index (χ1) is 15.0. The van der Waals surface area contributed by atoms with Gasteiger partial charge in [-0.15, -0.1) is 0 Å². The minimum atomic E-state index is -4.32. The normalized spacial score (nSPS) is 26.5. The molecule has 2 aliphatic rings. The van der Waals surface area contributed by atoms with Crippen molar-refractivity contribution in [1.29, 1.82) is 0 Å². The van der Waals surface area contributed by atoms with Gasteiger partial charge in [0.15, 0.2) is 0 Å². The van der Waals surface area contributed by atoms with E-state index < -0.39 is 11.7 Å². The van der Waals surface area contributed by atoms with Gasteiger partial charge in [-0.25, -0.2) is 0 Å². The highest BCUT2D eigenvalue weighted by Gasteiger charge is 2.39. The van der Waals surface area contributed by atoms with E-state index in [0.717, 1.165) is 43.6 Å². The van der Waals surface area contributed by atoms with Crippen LogP contribution in [0.25, 0.3) is 0 Å². The maximum atomic E-state index is 13.4. The zero-order chi connectivity index (χ0) is 23.5. The van der Waals surface area contributed by atoms with Crippen molar-refractivity contribution in [1.82, 2.24) is 5.32 Å². The van der Waals surface area contributed by atoms with E-state index in [0.29, 0.717) is 11.8 Å². The molecule has 1 aliphatic carbocycles. The van der Waals surface area contributed by atoms with Crippen molar-refractivity contribution in [2.45, 2.75) is 70.6 Å². The van der Waals surface area contributed by atoms with Crippen molar-refractivity contribution in [3.05, 3.63) is 53.6 Å². The van der Waals surface area contributed by atoms with Crippen LogP contribution in [-0.4, -0.2) is 24.7 Å². The highest BCUT2D eigenvalue weighted by Crippen LogP contribution is 2.45. The molecule has 2 unspecified atom stereocenters. The molecule has 6 heteroatoms. The predicted molar refractivity (Wildman–Crippen MR) is 127 cm³/mol. The lowest BCUT2D eigenvalue weighted by atomic mass is 9.70. The number of nitrogens with two attached hydrogens (primary N) is 1. The maximum Gasteiger partial charge on any atom is 0.416 e. The first-order valence-corrected chi connectivity index (χ1v) is 11.8. The Kier molecular flexibility index (Phi) is 7.77. The summed E-state index contributed by atoms with van der Waals surface area (Å²) in [6, 6.07) is 4.36. The highest BCUT2D eigenvalue weighted by molar-refractivity contribution is 5.58. The van der Waals surface area contributed by atoms with Crippen molar-refractivity contribution in [2.24, 2.45) is 23.5 Å². The highest BCUT2D eigenvalue weighted by atomic mass is 19.4. The van der Waals surface area contributed by atoms with Crippen LogP contribution in [0, 0.1) is 17.8 Å². The fourth-order valence-corrected chi connectivity index (χ4v) is 5.02. The second-order valence-electron chi connectivity index (χ2n) is 10.4. The number of hydrogen-bond acceptors (Lipinski definition) is 3. The minimum absolute atomic E-state index is 0.0565. The van der Waals surface area contributed by atoms with E-state index in [2.05, 4.69) is 48.8 Å². The quantitative estimate of drug-likeness (QED) is 0.450. The number of rotatable bonds is 8. The van der Waals surface area contributed by atoms with E-state index in [-0.39, 0.29) is 23.4 Å². The predicted octanol–water partition coefficient (Wildman–Crippen LogP) is 6.09. The topological polar surface area (TPSA) is 50.1 Å². The Balaban J connectivity index is 1.76. The Morgan fingerprint density at radius 2 is 1.97 bits per heavy atom. The first-order valence-electron chi connectivity index (χ1n) is 11.8. The largest absolute Gasteiger partial charge is 0.416 e. The van der Waals surface area contributed by atoms with Crippen molar-refractivity contribution in [3.8, 4) is 0 Å². The van der Waals surface area contributed by atoms with Gasteiger partial charge in [-0.2, -0.15) is 13.2 Å². The number of alkyl halides is 3. The van der Waals surface area contributed by atoms with Crippen LogP contribution < -0.4 is 16.4 Å². The summed E-state index contributed by atoms with van der Waals surface area (Å²) in [5.74, 6) is 1.13. The summed E-state index contributed by atoms with van der Waals surface area (Å²) in [6.07, 6.45) is 7.18. The molecular weight excluding hydrogens is 411 g/mol. The lowest BCUT2D eigenvalue weighted by Crippen LogP contribution is -2.44. The van der Waals surface area contributed by atoms with Crippen LogP contribution in [0.15, 0.2) is 42.5 Å². The molecule has 5 atom stereocenters. The zero-order valence-corrected chi connectivity index (χ0v) is 19.7. The van der Waals surface area contributed by atoms with E-state index in [1.165, 1.54) is 12.1 Å². The average molecular weight is 450 g/mol. The van der Waals surface area contributed by atoms with Crippen LogP contribution in [0.2, 0.25) is 0 Å². The van der Waals surface area contributed by atoms with Gasteiger partial charge in [-0.1, -0.05) is 38.2 Å². The molecule has 1 aliphatic heterocycles. The molecule has 0 spiro atoms. The Hall–Kier alpha value is -1.79. The van der Waals surface area contributed by atoms with Gasteiger partial charge in [-0.3, -0.25) is 0 Å². The average Bonchev–Trinajstić information content (AvgIpc) is 2.71. The molecule has 0 amide bonds. The van der Waals surface area contributed by atoms with Crippen molar-refractivity contribution >= 4 is 5.69 Å². The van der Waals surface area contributed by atoms with E-state index >= 15 is 0 Å². The summed E-state index contributed by atoms with van der Waals surface area (Å²) in [5, 5.41) is 7.08. The monoisotopic (exact) mass is 449 g/mol. The van der Waals surface area contributed by atoms with Crippen LogP contribution in [0.4, 0.5) is 18.9 Å². The number of allylic oxidation sites excluding steroid dienone is 3. The summed E-state index contributed by atoms with van der Waals surface area (Å²) in [7, 11) is 0. The van der Waals surface area contributed by atoms with Gasteiger partial charge in [0.1, 0.15) is 0 Å². The van der Waals surface area contributed by atoms with Gasteiger partial charge >= 0.3 is 6.18 Å². The van der Waals surface area contributed by atoms with Crippen LogP contribution in [0.1, 0.15) is 64.0 Å². The molecular formula is C26H38F3N3. The molecule has 1 aromatic carbocycles. The number of halogens is 3. The van der Waals surface area contributed by atoms with Gasteiger partial charge in [0, 0.05) is 29.7 Å². The van der Waals surface area contributed by atoms with Gasteiger partial charge in [0.25, 0.3) is 0 Å². The number of nitrogens with one attached hydrogen (secondary N) is 2. The summed E-state index contributed by atoms with van der Waals surface area (Å²) < 4.78 is 40.1. The summed E-state index contributed by atoms with van der Waals surface area (Å²) in [5.41, 5.74) is 6.88. The van der Waals surface area contributed by atoms with Crippen molar-refractivity contribution < 1.29 is 13.2 Å². The molecule has 0 saturated heterocycles. The molecule has 178 valence electrons. The smallest absolute Gasteiger partial charge is 0.381 e. The molecule has 0 saturated carbocycles. The van der Waals surface area contributed by atoms with Crippen LogP contribution in [0.5, 0.6) is 0 Å². The van der Waals surface area contributed by atoms with Gasteiger partial charge in [-0.05, 0) is 81.2 Å². The molecule has 0 fully saturated rings. The first kappa shape index (κ1) is 24.8. The van der Waals surface area contributed by atoms with Gasteiger partial charge < -0.3 is 16.4 Å².